The summed E-state index contributed by atoms with van der Waals surface area (Å²) < 4.78 is 1.63. The van der Waals surface area contributed by atoms with Gasteiger partial charge in [-0.1, -0.05) is 66.2 Å². The number of nitrogens with zero attached hydrogens (tertiary/aromatic N) is 4. The maximum atomic E-state index is 13.2. The summed E-state index contributed by atoms with van der Waals surface area (Å²) in [4.78, 5) is 17.9. The molecule has 0 radical (unpaired) electrons. The first-order valence-corrected chi connectivity index (χ1v) is 10.8. The van der Waals surface area contributed by atoms with Crippen molar-refractivity contribution in [3.63, 3.8) is 0 Å². The van der Waals surface area contributed by atoms with Gasteiger partial charge in [-0.05, 0) is 25.1 Å². The smallest absolute Gasteiger partial charge is 0.275 e. The zero-order valence-corrected chi connectivity index (χ0v) is 17.7. The molecule has 4 aromatic rings. The van der Waals surface area contributed by atoms with E-state index in [-0.39, 0.29) is 5.56 Å². The molecule has 3 aromatic carbocycles. The van der Waals surface area contributed by atoms with Gasteiger partial charge in [0.1, 0.15) is 0 Å². The van der Waals surface area contributed by atoms with Crippen LogP contribution in [0.25, 0.3) is 22.0 Å². The molecule has 0 amide bonds. The molecule has 5 heteroatoms. The van der Waals surface area contributed by atoms with E-state index in [1.165, 1.54) is 11.3 Å². The number of fused-ring (bicyclic) bond motifs is 1. The first kappa shape index (κ1) is 19.5. The molecule has 31 heavy (non-hydrogen) atoms. The minimum atomic E-state index is -0.0306. The number of benzene rings is 3. The number of piperazine rings is 1. The fourth-order valence-electron chi connectivity index (χ4n) is 4.23. The molecule has 1 aliphatic rings. The average Bonchev–Trinajstić information content (AvgIpc) is 2.83. The van der Waals surface area contributed by atoms with Crippen LogP contribution in [-0.2, 0) is 6.67 Å². The van der Waals surface area contributed by atoms with Crippen LogP contribution in [0.5, 0.6) is 0 Å². The average molecular weight is 411 g/mol. The highest BCUT2D eigenvalue weighted by Gasteiger charge is 2.19. The Hall–Kier alpha value is -3.44. The zero-order valence-electron chi connectivity index (χ0n) is 17.7. The molecule has 2 heterocycles. The van der Waals surface area contributed by atoms with E-state index in [2.05, 4.69) is 65.3 Å². The second-order valence-electron chi connectivity index (χ2n) is 8.15. The van der Waals surface area contributed by atoms with Crippen molar-refractivity contribution < 1.29 is 0 Å². The third kappa shape index (κ3) is 3.97. The second kappa shape index (κ2) is 8.36. The maximum absolute atomic E-state index is 13.2. The molecule has 0 spiro atoms. The van der Waals surface area contributed by atoms with Gasteiger partial charge in [0, 0.05) is 42.8 Å². The Kier molecular flexibility index (Phi) is 5.26. The Bertz CT molecular complexity index is 1240. The van der Waals surface area contributed by atoms with E-state index in [0.29, 0.717) is 6.67 Å². The number of hydrogen-bond acceptors (Lipinski definition) is 4. The first-order valence-electron chi connectivity index (χ1n) is 10.8. The molecule has 1 aromatic heterocycles. The molecule has 5 nitrogen and oxygen atoms in total. The highest BCUT2D eigenvalue weighted by atomic mass is 16.1. The van der Waals surface area contributed by atoms with Gasteiger partial charge in [-0.25, -0.2) is 4.68 Å². The number of hydrogen-bond donors (Lipinski definition) is 0. The SMILES string of the molecule is Cc1ccc(-c2nn(CN3CCN(c4ccccc4)CC3)c(=O)c3ccccc23)cc1. The third-order valence-corrected chi connectivity index (χ3v) is 6.02. The van der Waals surface area contributed by atoms with Crippen molar-refractivity contribution in [2.24, 2.45) is 0 Å². The Balaban J connectivity index is 1.43. The van der Waals surface area contributed by atoms with Gasteiger partial charge >= 0.3 is 0 Å². The lowest BCUT2D eigenvalue weighted by atomic mass is 10.0. The Morgan fingerprint density at radius 1 is 0.774 bits per heavy atom. The van der Waals surface area contributed by atoms with Crippen LogP contribution >= 0.6 is 0 Å². The summed E-state index contributed by atoms with van der Waals surface area (Å²) in [6.07, 6.45) is 0. The van der Waals surface area contributed by atoms with E-state index in [1.54, 1.807) is 4.68 Å². The molecule has 156 valence electrons. The van der Waals surface area contributed by atoms with Gasteiger partial charge in [-0.15, -0.1) is 0 Å². The molecule has 0 saturated carbocycles. The van der Waals surface area contributed by atoms with E-state index in [4.69, 9.17) is 5.10 Å². The van der Waals surface area contributed by atoms with E-state index in [9.17, 15) is 4.79 Å². The van der Waals surface area contributed by atoms with Crippen molar-refractivity contribution in [3.8, 4) is 11.3 Å². The lowest BCUT2D eigenvalue weighted by molar-refractivity contribution is 0.192. The number of aryl methyl sites for hydroxylation is 1. The zero-order chi connectivity index (χ0) is 21.2. The molecule has 1 fully saturated rings. The summed E-state index contributed by atoms with van der Waals surface area (Å²) in [5.41, 5.74) is 4.32. The van der Waals surface area contributed by atoms with Gasteiger partial charge in [0.15, 0.2) is 0 Å². The minimum Gasteiger partial charge on any atom is -0.369 e. The van der Waals surface area contributed by atoms with Crippen LogP contribution in [0, 0.1) is 6.92 Å². The summed E-state index contributed by atoms with van der Waals surface area (Å²) in [6.45, 7) is 6.26. The molecule has 0 N–H and O–H groups in total. The highest BCUT2D eigenvalue weighted by molar-refractivity contribution is 5.93. The van der Waals surface area contributed by atoms with Gasteiger partial charge in [-0.2, -0.15) is 5.10 Å². The minimum absolute atomic E-state index is 0.0306. The highest BCUT2D eigenvalue weighted by Crippen LogP contribution is 2.25. The van der Waals surface area contributed by atoms with Crippen LogP contribution < -0.4 is 10.5 Å². The number of anilines is 1. The summed E-state index contributed by atoms with van der Waals surface area (Å²) in [5, 5.41) is 6.44. The van der Waals surface area contributed by atoms with Crippen LogP contribution in [0.2, 0.25) is 0 Å². The molecule has 1 saturated heterocycles. The second-order valence-corrected chi connectivity index (χ2v) is 8.15. The number of aromatic nitrogens is 2. The fraction of sp³-hybridized carbons (Fsp3) is 0.231. The number of para-hydroxylation sites is 1. The van der Waals surface area contributed by atoms with Crippen LogP contribution in [0.1, 0.15) is 5.56 Å². The summed E-state index contributed by atoms with van der Waals surface area (Å²) >= 11 is 0. The summed E-state index contributed by atoms with van der Waals surface area (Å²) in [5.74, 6) is 0. The topological polar surface area (TPSA) is 41.4 Å². The molecular formula is C26H26N4O. The molecule has 0 unspecified atom stereocenters. The predicted octanol–water partition coefficient (Wildman–Crippen LogP) is 4.15. The van der Waals surface area contributed by atoms with Crippen molar-refractivity contribution >= 4 is 16.5 Å². The Morgan fingerprint density at radius 3 is 2.13 bits per heavy atom. The van der Waals surface area contributed by atoms with Crippen LogP contribution in [-0.4, -0.2) is 40.9 Å². The molecule has 5 rings (SSSR count). The van der Waals surface area contributed by atoms with Crippen molar-refractivity contribution in [2.75, 3.05) is 31.1 Å². The van der Waals surface area contributed by atoms with Crippen molar-refractivity contribution in [2.45, 2.75) is 13.6 Å². The van der Waals surface area contributed by atoms with Gasteiger partial charge in [0.2, 0.25) is 0 Å². The van der Waals surface area contributed by atoms with Gasteiger partial charge in [-0.3, -0.25) is 9.69 Å². The summed E-state index contributed by atoms with van der Waals surface area (Å²) in [7, 11) is 0. The first-order chi connectivity index (χ1) is 15.2. The van der Waals surface area contributed by atoms with Gasteiger partial charge in [0.05, 0.1) is 17.7 Å². The van der Waals surface area contributed by atoms with Crippen molar-refractivity contribution in [1.82, 2.24) is 14.7 Å². The molecule has 0 aliphatic carbocycles. The Morgan fingerprint density at radius 2 is 1.42 bits per heavy atom. The monoisotopic (exact) mass is 410 g/mol. The van der Waals surface area contributed by atoms with Gasteiger partial charge < -0.3 is 4.90 Å². The molecule has 1 aliphatic heterocycles. The normalized spacial score (nSPS) is 14.8. The van der Waals surface area contributed by atoms with Crippen LogP contribution in [0.4, 0.5) is 5.69 Å². The lowest BCUT2D eigenvalue weighted by Crippen LogP contribution is -2.48. The largest absolute Gasteiger partial charge is 0.369 e. The van der Waals surface area contributed by atoms with E-state index in [1.807, 2.05) is 30.3 Å². The van der Waals surface area contributed by atoms with Gasteiger partial charge in [0.25, 0.3) is 5.56 Å². The molecular weight excluding hydrogens is 384 g/mol. The third-order valence-electron chi connectivity index (χ3n) is 6.02. The Labute approximate surface area is 182 Å². The molecule has 0 bridgehead atoms. The lowest BCUT2D eigenvalue weighted by Gasteiger charge is -2.36. The number of rotatable bonds is 4. The summed E-state index contributed by atoms with van der Waals surface area (Å²) in [6, 6.07) is 26.6. The fourth-order valence-corrected chi connectivity index (χ4v) is 4.23. The van der Waals surface area contributed by atoms with Crippen LogP contribution in [0.15, 0.2) is 83.7 Å². The van der Waals surface area contributed by atoms with Crippen molar-refractivity contribution in [3.05, 3.63) is 94.8 Å². The standard InChI is InChI=1S/C26H26N4O/c1-20-11-13-21(14-12-20)25-23-9-5-6-10-24(23)26(31)30(27-25)19-28-15-17-29(18-16-28)22-7-3-2-4-8-22/h2-14H,15-19H2,1H3. The van der Waals surface area contributed by atoms with Crippen molar-refractivity contribution in [1.29, 1.82) is 0 Å². The quantitative estimate of drug-likeness (QED) is 0.507. The van der Waals surface area contributed by atoms with E-state index >= 15 is 0 Å². The van der Waals surface area contributed by atoms with Crippen LogP contribution in [0.3, 0.4) is 0 Å². The van der Waals surface area contributed by atoms with E-state index < -0.39 is 0 Å². The maximum Gasteiger partial charge on any atom is 0.275 e. The molecule has 0 atom stereocenters. The predicted molar refractivity (Wildman–Crippen MR) is 126 cm³/mol. The van der Waals surface area contributed by atoms with E-state index in [0.717, 1.165) is 48.2 Å².